The van der Waals surface area contributed by atoms with Gasteiger partial charge in [0.1, 0.15) is 5.75 Å². The molecule has 2 fully saturated rings. The molecule has 2 amide bonds. The van der Waals surface area contributed by atoms with Crippen LogP contribution in [0.5, 0.6) is 5.75 Å². The Balaban J connectivity index is 1.80. The molecule has 4 rings (SSSR count). The standard InChI is InChI=1S/C19H20N2O4S/c1-13-6-8-14(9-7-13)20-17-11-26(23,24)12-18(17)21(19(20)22)15-4-3-5-16(10-15)25-2/h3-10,17-18H,11-12H2,1-2H3/t17-,18-/m1/s1. The summed E-state index contributed by atoms with van der Waals surface area (Å²) >= 11 is 0. The van der Waals surface area contributed by atoms with Crippen molar-refractivity contribution in [3.63, 3.8) is 0 Å². The molecule has 2 aromatic rings. The molecule has 7 heteroatoms. The van der Waals surface area contributed by atoms with Crippen molar-refractivity contribution in [1.29, 1.82) is 0 Å². The first-order valence-corrected chi connectivity index (χ1v) is 10.3. The monoisotopic (exact) mass is 372 g/mol. The van der Waals surface area contributed by atoms with Crippen LogP contribution < -0.4 is 14.5 Å². The number of nitrogens with zero attached hydrogens (tertiary/aromatic N) is 2. The van der Waals surface area contributed by atoms with E-state index < -0.39 is 15.9 Å². The van der Waals surface area contributed by atoms with Gasteiger partial charge in [-0.25, -0.2) is 13.2 Å². The molecule has 2 atom stereocenters. The van der Waals surface area contributed by atoms with Crippen LogP contribution in [-0.4, -0.2) is 45.1 Å². The van der Waals surface area contributed by atoms with Crippen LogP contribution in [0.3, 0.4) is 0 Å². The Labute approximate surface area is 152 Å². The molecule has 26 heavy (non-hydrogen) atoms. The minimum absolute atomic E-state index is 0.0161. The van der Waals surface area contributed by atoms with Gasteiger partial charge in [-0.3, -0.25) is 9.80 Å². The SMILES string of the molecule is COc1cccc(N2C(=O)N(c3ccc(C)cc3)[C@@H]3CS(=O)(=O)C[C@H]32)c1. The second-order valence-corrected chi connectivity index (χ2v) is 8.93. The van der Waals surface area contributed by atoms with Gasteiger partial charge in [0, 0.05) is 17.4 Å². The molecular weight excluding hydrogens is 352 g/mol. The molecule has 0 aliphatic carbocycles. The molecule has 0 bridgehead atoms. The molecule has 0 saturated carbocycles. The fourth-order valence-electron chi connectivity index (χ4n) is 3.77. The van der Waals surface area contributed by atoms with E-state index in [4.69, 9.17) is 4.74 Å². The maximum absolute atomic E-state index is 13.2. The molecule has 0 radical (unpaired) electrons. The number of hydrogen-bond donors (Lipinski definition) is 0. The third-order valence-corrected chi connectivity index (χ3v) is 6.71. The summed E-state index contributed by atoms with van der Waals surface area (Å²) in [6.45, 7) is 1.97. The van der Waals surface area contributed by atoms with Gasteiger partial charge < -0.3 is 4.74 Å². The summed E-state index contributed by atoms with van der Waals surface area (Å²) in [5, 5.41) is 0. The van der Waals surface area contributed by atoms with E-state index >= 15 is 0 Å². The highest BCUT2D eigenvalue weighted by Gasteiger charge is 2.54. The topological polar surface area (TPSA) is 66.9 Å². The van der Waals surface area contributed by atoms with E-state index in [-0.39, 0.29) is 23.6 Å². The Morgan fingerprint density at radius 1 is 0.962 bits per heavy atom. The van der Waals surface area contributed by atoms with Gasteiger partial charge >= 0.3 is 6.03 Å². The zero-order chi connectivity index (χ0) is 18.5. The van der Waals surface area contributed by atoms with Crippen molar-refractivity contribution in [2.75, 3.05) is 28.4 Å². The van der Waals surface area contributed by atoms with Crippen LogP contribution in [0.4, 0.5) is 16.2 Å². The summed E-state index contributed by atoms with van der Waals surface area (Å²) in [7, 11) is -1.64. The minimum atomic E-state index is -3.20. The maximum Gasteiger partial charge on any atom is 0.329 e. The predicted molar refractivity (Wildman–Crippen MR) is 101 cm³/mol. The summed E-state index contributed by atoms with van der Waals surface area (Å²) in [6.07, 6.45) is 0. The van der Waals surface area contributed by atoms with Crippen LogP contribution >= 0.6 is 0 Å². The number of carbonyl (C=O) groups excluding carboxylic acids is 1. The zero-order valence-electron chi connectivity index (χ0n) is 14.6. The Bertz CT molecular complexity index is 956. The Morgan fingerprint density at radius 3 is 2.19 bits per heavy atom. The van der Waals surface area contributed by atoms with Gasteiger partial charge in [-0.1, -0.05) is 23.8 Å². The molecule has 136 valence electrons. The maximum atomic E-state index is 13.2. The number of fused-ring (bicyclic) bond motifs is 1. The number of aryl methyl sites for hydroxylation is 1. The number of anilines is 2. The first-order chi connectivity index (χ1) is 12.4. The van der Waals surface area contributed by atoms with Gasteiger partial charge in [-0.2, -0.15) is 0 Å². The summed E-state index contributed by atoms with van der Waals surface area (Å²) in [5.74, 6) is 0.585. The normalized spacial score (nSPS) is 24.0. The van der Waals surface area contributed by atoms with E-state index in [1.807, 2.05) is 31.2 Å². The van der Waals surface area contributed by atoms with Gasteiger partial charge in [0.15, 0.2) is 9.84 Å². The second kappa shape index (κ2) is 6.02. The van der Waals surface area contributed by atoms with Crippen LogP contribution in [0.15, 0.2) is 48.5 Å². The fourth-order valence-corrected chi connectivity index (χ4v) is 5.69. The Kier molecular flexibility index (Phi) is 3.91. The average Bonchev–Trinajstić information content (AvgIpc) is 3.04. The third-order valence-electron chi connectivity index (χ3n) is 5.01. The van der Waals surface area contributed by atoms with Gasteiger partial charge in [0.2, 0.25) is 0 Å². The number of amides is 2. The lowest BCUT2D eigenvalue weighted by atomic mass is 10.1. The van der Waals surface area contributed by atoms with Crippen molar-refractivity contribution in [1.82, 2.24) is 0 Å². The number of sulfone groups is 1. The molecular formula is C19H20N2O4S. The Hall–Kier alpha value is -2.54. The number of carbonyl (C=O) groups is 1. The quantitative estimate of drug-likeness (QED) is 0.777. The molecule has 2 aromatic carbocycles. The molecule has 0 unspecified atom stereocenters. The number of benzene rings is 2. The molecule has 0 N–H and O–H groups in total. The van der Waals surface area contributed by atoms with Crippen molar-refractivity contribution >= 4 is 27.2 Å². The van der Waals surface area contributed by atoms with Crippen molar-refractivity contribution < 1.29 is 17.9 Å². The summed E-state index contributed by atoms with van der Waals surface area (Å²) in [5.41, 5.74) is 2.45. The van der Waals surface area contributed by atoms with E-state index in [9.17, 15) is 13.2 Å². The lowest BCUT2D eigenvalue weighted by molar-refractivity contribution is 0.255. The highest BCUT2D eigenvalue weighted by molar-refractivity contribution is 7.91. The zero-order valence-corrected chi connectivity index (χ0v) is 15.4. The molecule has 2 heterocycles. The molecule has 0 aromatic heterocycles. The van der Waals surface area contributed by atoms with E-state index in [1.165, 1.54) is 0 Å². The van der Waals surface area contributed by atoms with E-state index in [1.54, 1.807) is 41.2 Å². The summed E-state index contributed by atoms with van der Waals surface area (Å²) in [6, 6.07) is 13.8. The molecule has 2 saturated heterocycles. The van der Waals surface area contributed by atoms with Gasteiger partial charge in [-0.05, 0) is 31.2 Å². The average molecular weight is 372 g/mol. The summed E-state index contributed by atoms with van der Waals surface area (Å²) in [4.78, 5) is 16.4. The highest BCUT2D eigenvalue weighted by atomic mass is 32.2. The van der Waals surface area contributed by atoms with E-state index in [2.05, 4.69) is 0 Å². The molecule has 2 aliphatic heterocycles. The number of methoxy groups -OCH3 is 1. The minimum Gasteiger partial charge on any atom is -0.497 e. The number of urea groups is 1. The van der Waals surface area contributed by atoms with Gasteiger partial charge in [-0.15, -0.1) is 0 Å². The van der Waals surface area contributed by atoms with E-state index in [0.717, 1.165) is 11.3 Å². The third kappa shape index (κ3) is 2.72. The lowest BCUT2D eigenvalue weighted by Gasteiger charge is -2.23. The number of rotatable bonds is 3. The van der Waals surface area contributed by atoms with Crippen molar-refractivity contribution in [3.8, 4) is 5.75 Å². The van der Waals surface area contributed by atoms with Crippen LogP contribution in [0.25, 0.3) is 0 Å². The fraction of sp³-hybridized carbons (Fsp3) is 0.316. The lowest BCUT2D eigenvalue weighted by Crippen LogP contribution is -2.37. The molecule has 0 spiro atoms. The smallest absolute Gasteiger partial charge is 0.329 e. The van der Waals surface area contributed by atoms with Crippen LogP contribution in [-0.2, 0) is 9.84 Å². The second-order valence-electron chi connectivity index (χ2n) is 6.77. The largest absolute Gasteiger partial charge is 0.497 e. The predicted octanol–water partition coefficient (Wildman–Crippen LogP) is 2.62. The van der Waals surface area contributed by atoms with Crippen molar-refractivity contribution in [2.45, 2.75) is 19.0 Å². The van der Waals surface area contributed by atoms with Gasteiger partial charge in [0.05, 0.1) is 30.7 Å². The number of ether oxygens (including phenoxy) is 1. The first-order valence-electron chi connectivity index (χ1n) is 8.43. The first kappa shape index (κ1) is 16.9. The Morgan fingerprint density at radius 2 is 1.58 bits per heavy atom. The van der Waals surface area contributed by atoms with Crippen molar-refractivity contribution in [3.05, 3.63) is 54.1 Å². The summed E-state index contributed by atoms with van der Waals surface area (Å²) < 4.78 is 29.8. The molecule has 2 aliphatic rings. The van der Waals surface area contributed by atoms with Crippen LogP contribution in [0, 0.1) is 6.92 Å². The van der Waals surface area contributed by atoms with Crippen LogP contribution in [0.1, 0.15) is 5.56 Å². The van der Waals surface area contributed by atoms with Gasteiger partial charge in [0.25, 0.3) is 0 Å². The number of hydrogen-bond acceptors (Lipinski definition) is 4. The highest BCUT2D eigenvalue weighted by Crippen LogP contribution is 2.38. The molecule has 6 nitrogen and oxygen atoms in total. The van der Waals surface area contributed by atoms with E-state index in [0.29, 0.717) is 11.4 Å². The van der Waals surface area contributed by atoms with Crippen molar-refractivity contribution in [2.24, 2.45) is 0 Å². The van der Waals surface area contributed by atoms with Crippen LogP contribution in [0.2, 0.25) is 0 Å².